The third-order valence-corrected chi connectivity index (χ3v) is 4.25. The quantitative estimate of drug-likeness (QED) is 0.788. The van der Waals surface area contributed by atoms with Gasteiger partial charge in [-0.25, -0.2) is 9.97 Å². The third kappa shape index (κ3) is 2.21. The second-order valence-corrected chi connectivity index (χ2v) is 5.72. The van der Waals surface area contributed by atoms with Crippen LogP contribution in [-0.4, -0.2) is 9.97 Å². The van der Waals surface area contributed by atoms with Crippen molar-refractivity contribution in [2.45, 2.75) is 27.3 Å². The van der Waals surface area contributed by atoms with Crippen LogP contribution in [-0.2, 0) is 6.54 Å². The minimum atomic E-state index is 0.632. The van der Waals surface area contributed by atoms with Crippen LogP contribution in [0, 0.1) is 20.8 Å². The molecule has 0 bridgehead atoms. The van der Waals surface area contributed by atoms with Gasteiger partial charge in [-0.1, -0.05) is 0 Å². The highest BCUT2D eigenvalue weighted by Crippen LogP contribution is 2.33. The maximum atomic E-state index is 5.33. The van der Waals surface area contributed by atoms with E-state index in [1.165, 1.54) is 10.4 Å². The van der Waals surface area contributed by atoms with Crippen molar-refractivity contribution in [3.63, 3.8) is 0 Å². The number of rotatable bonds is 3. The van der Waals surface area contributed by atoms with E-state index in [-0.39, 0.29) is 0 Å². The molecule has 0 unspecified atom stereocenters. The fraction of sp³-hybridized carbons (Fsp3) is 0.286. The van der Waals surface area contributed by atoms with Crippen LogP contribution < -0.4 is 5.32 Å². The summed E-state index contributed by atoms with van der Waals surface area (Å²) in [5.74, 6) is 2.57. The molecule has 3 aromatic heterocycles. The number of aryl methyl sites for hydroxylation is 3. The molecule has 4 nitrogen and oxygen atoms in total. The molecule has 0 aliphatic rings. The Morgan fingerprint density at radius 2 is 2.11 bits per heavy atom. The number of fused-ring (bicyclic) bond motifs is 1. The first-order valence-corrected chi connectivity index (χ1v) is 6.97. The average Bonchev–Trinajstić information content (AvgIpc) is 2.96. The van der Waals surface area contributed by atoms with Crippen LogP contribution in [0.15, 0.2) is 22.8 Å². The first-order chi connectivity index (χ1) is 9.15. The van der Waals surface area contributed by atoms with Crippen molar-refractivity contribution in [3.05, 3.63) is 40.4 Å². The van der Waals surface area contributed by atoms with Crippen LogP contribution in [0.5, 0.6) is 0 Å². The van der Waals surface area contributed by atoms with Crippen molar-refractivity contribution >= 4 is 27.4 Å². The van der Waals surface area contributed by atoms with E-state index >= 15 is 0 Å². The van der Waals surface area contributed by atoms with E-state index in [0.717, 1.165) is 27.6 Å². The van der Waals surface area contributed by atoms with Crippen LogP contribution >= 0.6 is 11.3 Å². The maximum absolute atomic E-state index is 5.33. The smallest absolute Gasteiger partial charge is 0.139 e. The number of aromatic nitrogens is 2. The van der Waals surface area contributed by atoms with Crippen molar-refractivity contribution in [2.75, 3.05) is 5.32 Å². The van der Waals surface area contributed by atoms with Crippen molar-refractivity contribution < 1.29 is 4.42 Å². The standard InChI is InChI=1S/C14H15N3OS/c1-8-9(2)19-14-12(8)13(16-10(3)17-14)15-7-11-5-4-6-18-11/h4-6H,7H2,1-3H3,(H,15,16,17). The molecular formula is C14H15N3OS. The van der Waals surface area contributed by atoms with E-state index in [1.807, 2.05) is 19.1 Å². The van der Waals surface area contributed by atoms with Gasteiger partial charge in [-0.05, 0) is 38.5 Å². The van der Waals surface area contributed by atoms with Gasteiger partial charge in [-0.15, -0.1) is 11.3 Å². The van der Waals surface area contributed by atoms with E-state index in [9.17, 15) is 0 Å². The fourth-order valence-corrected chi connectivity index (χ4v) is 3.14. The lowest BCUT2D eigenvalue weighted by Gasteiger charge is -2.07. The van der Waals surface area contributed by atoms with Crippen LogP contribution in [0.25, 0.3) is 10.2 Å². The Morgan fingerprint density at radius 3 is 2.84 bits per heavy atom. The van der Waals surface area contributed by atoms with E-state index in [1.54, 1.807) is 17.6 Å². The molecule has 0 aromatic carbocycles. The molecule has 5 heteroatoms. The molecule has 3 heterocycles. The number of hydrogen-bond donors (Lipinski definition) is 1. The minimum absolute atomic E-state index is 0.632. The Balaban J connectivity index is 2.01. The molecule has 3 rings (SSSR count). The summed E-state index contributed by atoms with van der Waals surface area (Å²) in [6.45, 7) is 6.78. The highest BCUT2D eigenvalue weighted by molar-refractivity contribution is 7.18. The molecule has 0 atom stereocenters. The lowest BCUT2D eigenvalue weighted by Crippen LogP contribution is -2.03. The summed E-state index contributed by atoms with van der Waals surface area (Å²) in [4.78, 5) is 11.4. The summed E-state index contributed by atoms with van der Waals surface area (Å²) in [6.07, 6.45) is 1.68. The molecule has 1 N–H and O–H groups in total. The van der Waals surface area contributed by atoms with Crippen molar-refractivity contribution in [1.82, 2.24) is 9.97 Å². The Morgan fingerprint density at radius 1 is 1.26 bits per heavy atom. The SMILES string of the molecule is Cc1nc(NCc2ccco2)c2c(C)c(C)sc2n1. The number of hydrogen-bond acceptors (Lipinski definition) is 5. The Bertz CT molecular complexity index is 716. The zero-order valence-corrected chi connectivity index (χ0v) is 12.0. The molecule has 0 spiro atoms. The number of anilines is 1. The second kappa shape index (κ2) is 4.66. The Labute approximate surface area is 115 Å². The number of nitrogens with zero attached hydrogens (tertiary/aromatic N) is 2. The highest BCUT2D eigenvalue weighted by atomic mass is 32.1. The van der Waals surface area contributed by atoms with Gasteiger partial charge in [0, 0.05) is 4.88 Å². The summed E-state index contributed by atoms with van der Waals surface area (Å²) < 4.78 is 5.33. The minimum Gasteiger partial charge on any atom is -0.467 e. The predicted molar refractivity (Wildman–Crippen MR) is 77.7 cm³/mol. The molecule has 0 fully saturated rings. The van der Waals surface area contributed by atoms with Gasteiger partial charge in [-0.3, -0.25) is 0 Å². The topological polar surface area (TPSA) is 51.0 Å². The highest BCUT2D eigenvalue weighted by Gasteiger charge is 2.13. The van der Waals surface area contributed by atoms with E-state index in [2.05, 4.69) is 29.1 Å². The molecule has 0 saturated heterocycles. The maximum Gasteiger partial charge on any atom is 0.139 e. The Hall–Kier alpha value is -1.88. The summed E-state index contributed by atoms with van der Waals surface area (Å²) in [6, 6.07) is 3.84. The van der Waals surface area contributed by atoms with Gasteiger partial charge in [-0.2, -0.15) is 0 Å². The van der Waals surface area contributed by atoms with Gasteiger partial charge >= 0.3 is 0 Å². The van der Waals surface area contributed by atoms with Crippen molar-refractivity contribution in [1.29, 1.82) is 0 Å². The number of nitrogens with one attached hydrogen (secondary N) is 1. The van der Waals surface area contributed by atoms with Gasteiger partial charge in [0.05, 0.1) is 18.2 Å². The number of furan rings is 1. The van der Waals surface area contributed by atoms with Crippen molar-refractivity contribution in [3.8, 4) is 0 Å². The molecule has 0 aliphatic heterocycles. The Kier molecular flexibility index (Phi) is 2.98. The largest absolute Gasteiger partial charge is 0.467 e. The summed E-state index contributed by atoms with van der Waals surface area (Å²) in [5, 5.41) is 4.47. The molecule has 3 aromatic rings. The fourth-order valence-electron chi connectivity index (χ4n) is 2.07. The lowest BCUT2D eigenvalue weighted by molar-refractivity contribution is 0.518. The molecule has 0 saturated carbocycles. The monoisotopic (exact) mass is 273 g/mol. The molecule has 0 amide bonds. The van der Waals surface area contributed by atoms with Gasteiger partial charge in [0.1, 0.15) is 22.2 Å². The van der Waals surface area contributed by atoms with Crippen LogP contribution in [0.1, 0.15) is 22.0 Å². The third-order valence-electron chi connectivity index (χ3n) is 3.15. The normalized spacial score (nSPS) is 11.1. The van der Waals surface area contributed by atoms with Gasteiger partial charge in [0.25, 0.3) is 0 Å². The van der Waals surface area contributed by atoms with Gasteiger partial charge < -0.3 is 9.73 Å². The van der Waals surface area contributed by atoms with E-state index in [4.69, 9.17) is 4.42 Å². The summed E-state index contributed by atoms with van der Waals surface area (Å²) >= 11 is 1.72. The van der Waals surface area contributed by atoms with E-state index in [0.29, 0.717) is 6.54 Å². The van der Waals surface area contributed by atoms with E-state index < -0.39 is 0 Å². The van der Waals surface area contributed by atoms with Crippen LogP contribution in [0.2, 0.25) is 0 Å². The second-order valence-electron chi connectivity index (χ2n) is 4.52. The van der Waals surface area contributed by atoms with Gasteiger partial charge in [0.2, 0.25) is 0 Å². The first kappa shape index (κ1) is 12.2. The number of thiophene rings is 1. The van der Waals surface area contributed by atoms with Gasteiger partial charge in [0.15, 0.2) is 0 Å². The van der Waals surface area contributed by atoms with Crippen LogP contribution in [0.4, 0.5) is 5.82 Å². The zero-order valence-electron chi connectivity index (χ0n) is 11.2. The molecule has 0 radical (unpaired) electrons. The molecule has 19 heavy (non-hydrogen) atoms. The zero-order chi connectivity index (χ0) is 13.4. The average molecular weight is 273 g/mol. The summed E-state index contributed by atoms with van der Waals surface area (Å²) in [5.41, 5.74) is 1.25. The molecular weight excluding hydrogens is 258 g/mol. The summed E-state index contributed by atoms with van der Waals surface area (Å²) in [7, 11) is 0. The lowest BCUT2D eigenvalue weighted by atomic mass is 10.2. The molecule has 0 aliphatic carbocycles. The molecule has 98 valence electrons. The van der Waals surface area contributed by atoms with Crippen LogP contribution in [0.3, 0.4) is 0 Å². The predicted octanol–water partition coefficient (Wildman–Crippen LogP) is 3.82. The van der Waals surface area contributed by atoms with Crippen molar-refractivity contribution in [2.24, 2.45) is 0 Å². The first-order valence-electron chi connectivity index (χ1n) is 6.15.